The standard InChI is InChI=1S/C26H33BN2O5/c1-17(2)24(28-25(30)22-10-9-21-16-34-27(32)23(21)18(22)3)26(31)33-15-20-8-6-7-19(13-20)14-29-11-4-5-12-29/h6-10,13,17,24,32H,4-5,11-12,14-16H2,1-3H3,(H,28,30). The van der Waals surface area contributed by atoms with Gasteiger partial charge in [0.2, 0.25) is 0 Å². The zero-order valence-corrected chi connectivity index (χ0v) is 20.2. The van der Waals surface area contributed by atoms with Crippen LogP contribution < -0.4 is 10.8 Å². The highest BCUT2D eigenvalue weighted by atomic mass is 16.5. The Morgan fingerprint density at radius 2 is 1.91 bits per heavy atom. The van der Waals surface area contributed by atoms with Crippen LogP contribution in [0.5, 0.6) is 0 Å². The lowest BCUT2D eigenvalue weighted by atomic mass is 9.75. The van der Waals surface area contributed by atoms with E-state index in [0.29, 0.717) is 23.2 Å². The summed E-state index contributed by atoms with van der Waals surface area (Å²) in [6, 6.07) is 10.8. The molecule has 2 N–H and O–H groups in total. The van der Waals surface area contributed by atoms with Crippen molar-refractivity contribution in [1.82, 2.24) is 10.2 Å². The largest absolute Gasteiger partial charge is 0.492 e. The first kappa shape index (κ1) is 24.4. The van der Waals surface area contributed by atoms with E-state index in [1.54, 1.807) is 19.1 Å². The van der Waals surface area contributed by atoms with Gasteiger partial charge < -0.3 is 19.7 Å². The lowest BCUT2D eigenvalue weighted by molar-refractivity contribution is -0.148. The number of hydrogen-bond acceptors (Lipinski definition) is 6. The van der Waals surface area contributed by atoms with Crippen LogP contribution in [0.15, 0.2) is 36.4 Å². The van der Waals surface area contributed by atoms with E-state index >= 15 is 0 Å². The van der Waals surface area contributed by atoms with Gasteiger partial charge in [0.05, 0.1) is 6.61 Å². The Bertz CT molecular complexity index is 1050. The predicted molar refractivity (Wildman–Crippen MR) is 130 cm³/mol. The number of nitrogens with zero attached hydrogens (tertiary/aromatic N) is 1. The lowest BCUT2D eigenvalue weighted by Crippen LogP contribution is -2.46. The molecule has 0 radical (unpaired) electrons. The Kier molecular flexibility index (Phi) is 7.71. The van der Waals surface area contributed by atoms with Crippen molar-refractivity contribution in [2.45, 2.75) is 59.4 Å². The smallest absolute Gasteiger partial charge is 0.459 e. The van der Waals surface area contributed by atoms with Gasteiger partial charge in [-0.2, -0.15) is 0 Å². The fourth-order valence-corrected chi connectivity index (χ4v) is 4.73. The van der Waals surface area contributed by atoms with Crippen molar-refractivity contribution in [3.8, 4) is 0 Å². The van der Waals surface area contributed by atoms with E-state index in [4.69, 9.17) is 9.39 Å². The Hall–Kier alpha value is -2.68. The van der Waals surface area contributed by atoms with E-state index < -0.39 is 19.1 Å². The number of esters is 1. The number of fused-ring (bicyclic) bond motifs is 1. The molecule has 180 valence electrons. The molecule has 0 bridgehead atoms. The summed E-state index contributed by atoms with van der Waals surface area (Å²) in [5, 5.41) is 12.9. The quantitative estimate of drug-likeness (QED) is 0.461. The van der Waals surface area contributed by atoms with E-state index in [0.717, 1.165) is 30.8 Å². The van der Waals surface area contributed by atoms with Crippen LogP contribution >= 0.6 is 0 Å². The SMILES string of the molecule is Cc1c(C(=O)NC(C(=O)OCc2cccc(CN3CCCC3)c2)C(C)C)ccc2c1B(O)OC2. The third-order valence-electron chi connectivity index (χ3n) is 6.68. The highest BCUT2D eigenvalue weighted by molar-refractivity contribution is 6.62. The van der Waals surface area contributed by atoms with Crippen LogP contribution in [0.2, 0.25) is 0 Å². The molecule has 2 aromatic carbocycles. The highest BCUT2D eigenvalue weighted by Crippen LogP contribution is 2.18. The molecule has 1 atom stereocenters. The first-order valence-electron chi connectivity index (χ1n) is 12.0. The molecule has 1 unspecified atom stereocenters. The zero-order chi connectivity index (χ0) is 24.2. The monoisotopic (exact) mass is 464 g/mol. The Morgan fingerprint density at radius 3 is 2.65 bits per heavy atom. The molecule has 1 saturated heterocycles. The van der Waals surface area contributed by atoms with E-state index in [2.05, 4.69) is 22.3 Å². The zero-order valence-electron chi connectivity index (χ0n) is 20.2. The second-order valence-electron chi connectivity index (χ2n) is 9.58. The molecular weight excluding hydrogens is 431 g/mol. The first-order chi connectivity index (χ1) is 16.3. The minimum atomic E-state index is -1.03. The third kappa shape index (κ3) is 5.51. The van der Waals surface area contributed by atoms with Crippen LogP contribution in [0.4, 0.5) is 0 Å². The minimum absolute atomic E-state index is 0.151. The number of rotatable bonds is 8. The van der Waals surface area contributed by atoms with Gasteiger partial charge in [-0.1, -0.05) is 44.2 Å². The van der Waals surface area contributed by atoms with Gasteiger partial charge in [0.15, 0.2) is 0 Å². The van der Waals surface area contributed by atoms with Gasteiger partial charge in [0.25, 0.3) is 5.91 Å². The third-order valence-corrected chi connectivity index (χ3v) is 6.68. The summed E-state index contributed by atoms with van der Waals surface area (Å²) in [4.78, 5) is 28.4. The molecule has 2 heterocycles. The Labute approximate surface area is 201 Å². The number of hydrogen-bond donors (Lipinski definition) is 2. The van der Waals surface area contributed by atoms with E-state index in [9.17, 15) is 14.6 Å². The molecule has 1 fully saturated rings. The number of nitrogens with one attached hydrogen (secondary N) is 1. The van der Waals surface area contributed by atoms with Gasteiger partial charge in [0, 0.05) is 12.1 Å². The second kappa shape index (κ2) is 10.7. The summed E-state index contributed by atoms with van der Waals surface area (Å²) in [6.07, 6.45) is 2.50. The summed E-state index contributed by atoms with van der Waals surface area (Å²) in [5.74, 6) is -0.986. The average molecular weight is 464 g/mol. The average Bonchev–Trinajstić information content (AvgIpc) is 3.46. The van der Waals surface area contributed by atoms with E-state index in [1.807, 2.05) is 26.0 Å². The van der Waals surface area contributed by atoms with Crippen molar-refractivity contribution in [2.24, 2.45) is 5.92 Å². The topological polar surface area (TPSA) is 88.1 Å². The van der Waals surface area contributed by atoms with E-state index in [-0.39, 0.29) is 18.4 Å². The minimum Gasteiger partial charge on any atom is -0.459 e. The fourth-order valence-electron chi connectivity index (χ4n) is 4.73. The van der Waals surface area contributed by atoms with Gasteiger partial charge in [-0.25, -0.2) is 4.79 Å². The predicted octanol–water partition coefficient (Wildman–Crippen LogP) is 2.31. The Balaban J connectivity index is 1.39. The van der Waals surface area contributed by atoms with Crippen molar-refractivity contribution in [3.63, 3.8) is 0 Å². The molecule has 0 spiro atoms. The summed E-state index contributed by atoms with van der Waals surface area (Å²) < 4.78 is 10.9. The van der Waals surface area contributed by atoms with Gasteiger partial charge >= 0.3 is 13.1 Å². The molecule has 7 nitrogen and oxygen atoms in total. The molecule has 4 rings (SSSR count). The van der Waals surface area contributed by atoms with Crippen LogP contribution in [0, 0.1) is 12.8 Å². The molecule has 0 aromatic heterocycles. The number of benzene rings is 2. The van der Waals surface area contributed by atoms with Gasteiger partial charge in [-0.3, -0.25) is 9.69 Å². The second-order valence-corrected chi connectivity index (χ2v) is 9.58. The highest BCUT2D eigenvalue weighted by Gasteiger charge is 2.32. The lowest BCUT2D eigenvalue weighted by Gasteiger charge is -2.22. The molecule has 2 aliphatic heterocycles. The van der Waals surface area contributed by atoms with Gasteiger partial charge in [-0.15, -0.1) is 0 Å². The molecular formula is C26H33BN2O5. The molecule has 8 heteroatoms. The van der Waals surface area contributed by atoms with Crippen LogP contribution in [0.25, 0.3) is 0 Å². The molecule has 0 aliphatic carbocycles. The summed E-state index contributed by atoms with van der Waals surface area (Å²) in [6.45, 7) is 9.17. The maximum absolute atomic E-state index is 13.0. The summed E-state index contributed by atoms with van der Waals surface area (Å²) in [5.41, 5.74) is 4.71. The number of carbonyl (C=O) groups is 2. The van der Waals surface area contributed by atoms with Gasteiger partial charge in [-0.05, 0) is 72.6 Å². The number of carbonyl (C=O) groups excluding carboxylic acids is 2. The fraction of sp³-hybridized carbons (Fsp3) is 0.462. The molecule has 2 aromatic rings. The van der Waals surface area contributed by atoms with Crippen molar-refractivity contribution < 1.29 is 24.0 Å². The maximum atomic E-state index is 13.0. The van der Waals surface area contributed by atoms with Gasteiger partial charge in [0.1, 0.15) is 12.6 Å². The van der Waals surface area contributed by atoms with Crippen LogP contribution in [-0.2, 0) is 33.9 Å². The van der Waals surface area contributed by atoms with Crippen LogP contribution in [-0.4, -0.2) is 48.1 Å². The van der Waals surface area contributed by atoms with Crippen LogP contribution in [0.3, 0.4) is 0 Å². The summed E-state index contributed by atoms with van der Waals surface area (Å²) in [7, 11) is -1.03. The molecule has 1 amide bonds. The van der Waals surface area contributed by atoms with Crippen molar-refractivity contribution >= 4 is 24.5 Å². The molecule has 0 saturated carbocycles. The maximum Gasteiger partial charge on any atom is 0.492 e. The number of amides is 1. The first-order valence-corrected chi connectivity index (χ1v) is 12.0. The normalized spacial score (nSPS) is 16.6. The molecule has 2 aliphatic rings. The van der Waals surface area contributed by atoms with E-state index in [1.165, 1.54) is 18.4 Å². The summed E-state index contributed by atoms with van der Waals surface area (Å²) >= 11 is 0. The Morgan fingerprint density at radius 1 is 1.18 bits per heavy atom. The number of ether oxygens (including phenoxy) is 1. The number of likely N-dealkylation sites (tertiary alicyclic amines) is 1. The van der Waals surface area contributed by atoms with Crippen molar-refractivity contribution in [1.29, 1.82) is 0 Å². The van der Waals surface area contributed by atoms with Crippen molar-refractivity contribution in [3.05, 3.63) is 64.2 Å². The van der Waals surface area contributed by atoms with Crippen molar-refractivity contribution in [2.75, 3.05) is 13.1 Å². The molecule has 34 heavy (non-hydrogen) atoms. The van der Waals surface area contributed by atoms with Crippen LogP contribution in [0.1, 0.15) is 59.3 Å².